The van der Waals surface area contributed by atoms with E-state index in [1.54, 1.807) is 36.4 Å². The lowest BCUT2D eigenvalue weighted by Gasteiger charge is -2.31. The number of nitrogens with zero attached hydrogens (tertiary/aromatic N) is 2. The Balaban J connectivity index is 1.91. The molecule has 3 rings (SSSR count). The van der Waals surface area contributed by atoms with Crippen molar-refractivity contribution in [1.82, 2.24) is 0 Å². The maximum absolute atomic E-state index is 12.6. The molecule has 1 amide bonds. The predicted octanol–water partition coefficient (Wildman–Crippen LogP) is 3.46. The van der Waals surface area contributed by atoms with Crippen LogP contribution in [0.3, 0.4) is 0 Å². The Morgan fingerprint density at radius 1 is 1.19 bits per heavy atom. The van der Waals surface area contributed by atoms with Crippen LogP contribution >= 0.6 is 11.6 Å². The van der Waals surface area contributed by atoms with Crippen molar-refractivity contribution in [3.8, 4) is 0 Å². The van der Waals surface area contributed by atoms with Crippen LogP contribution in [0.1, 0.15) is 23.2 Å². The van der Waals surface area contributed by atoms with Crippen LogP contribution in [0.25, 0.3) is 0 Å². The highest BCUT2D eigenvalue weighted by atomic mass is 35.5. The summed E-state index contributed by atoms with van der Waals surface area (Å²) in [4.78, 5) is 25.6. The SMILES string of the molecule is O=C(Nc1ccc(Cl)cc1)c1cccc(N2CCC(O)CC2)c1[N+](=O)[O-]. The predicted molar refractivity (Wildman–Crippen MR) is 100.0 cm³/mol. The van der Waals surface area contributed by atoms with Crippen molar-refractivity contribution < 1.29 is 14.8 Å². The van der Waals surface area contributed by atoms with Gasteiger partial charge in [0.15, 0.2) is 0 Å². The fraction of sp³-hybridized carbons (Fsp3) is 0.278. The van der Waals surface area contributed by atoms with Crippen LogP contribution in [0.15, 0.2) is 42.5 Å². The molecule has 26 heavy (non-hydrogen) atoms. The number of nitro benzene ring substituents is 1. The second-order valence-corrected chi connectivity index (χ2v) is 6.55. The van der Waals surface area contributed by atoms with Gasteiger partial charge in [0.05, 0.1) is 11.0 Å². The zero-order chi connectivity index (χ0) is 18.7. The lowest BCUT2D eigenvalue weighted by atomic mass is 10.0. The zero-order valence-electron chi connectivity index (χ0n) is 13.9. The number of piperidine rings is 1. The first-order chi connectivity index (χ1) is 12.5. The van der Waals surface area contributed by atoms with E-state index in [0.29, 0.717) is 42.3 Å². The largest absolute Gasteiger partial charge is 0.393 e. The first kappa shape index (κ1) is 18.2. The Morgan fingerprint density at radius 2 is 1.85 bits per heavy atom. The molecule has 0 radical (unpaired) electrons. The molecule has 2 aromatic rings. The van der Waals surface area contributed by atoms with Crippen molar-refractivity contribution in [2.24, 2.45) is 0 Å². The first-order valence-electron chi connectivity index (χ1n) is 8.23. The topological polar surface area (TPSA) is 95.7 Å². The number of nitro groups is 1. The van der Waals surface area contributed by atoms with Gasteiger partial charge in [0.1, 0.15) is 11.3 Å². The number of halogens is 1. The molecule has 2 aromatic carbocycles. The standard InChI is InChI=1S/C18H18ClN3O4/c19-12-4-6-13(7-5-12)20-18(24)15-2-1-3-16(17(15)22(25)26)21-10-8-14(23)9-11-21/h1-7,14,23H,8-11H2,(H,20,24). The summed E-state index contributed by atoms with van der Waals surface area (Å²) in [6.45, 7) is 1.01. The minimum Gasteiger partial charge on any atom is -0.393 e. The van der Waals surface area contributed by atoms with E-state index in [-0.39, 0.29) is 17.4 Å². The van der Waals surface area contributed by atoms with Crippen LogP contribution in [-0.4, -0.2) is 35.1 Å². The highest BCUT2D eigenvalue weighted by molar-refractivity contribution is 6.30. The van der Waals surface area contributed by atoms with E-state index in [1.807, 2.05) is 4.90 Å². The maximum atomic E-state index is 12.6. The van der Waals surface area contributed by atoms with Gasteiger partial charge in [-0.1, -0.05) is 17.7 Å². The number of carbonyl (C=O) groups excluding carboxylic acids is 1. The highest BCUT2D eigenvalue weighted by Gasteiger charge is 2.29. The number of hydrogen-bond acceptors (Lipinski definition) is 5. The van der Waals surface area contributed by atoms with Gasteiger partial charge in [-0.2, -0.15) is 0 Å². The molecule has 1 heterocycles. The van der Waals surface area contributed by atoms with Crippen LogP contribution in [0.5, 0.6) is 0 Å². The van der Waals surface area contributed by atoms with Crippen LogP contribution in [0, 0.1) is 10.1 Å². The summed E-state index contributed by atoms with van der Waals surface area (Å²) in [5.74, 6) is -0.557. The molecule has 0 saturated carbocycles. The van der Waals surface area contributed by atoms with Gasteiger partial charge in [-0.25, -0.2) is 0 Å². The minimum absolute atomic E-state index is 0.00595. The second-order valence-electron chi connectivity index (χ2n) is 6.11. The average molecular weight is 376 g/mol. The Kier molecular flexibility index (Phi) is 5.39. The van der Waals surface area contributed by atoms with Crippen molar-refractivity contribution >= 4 is 34.6 Å². The molecule has 1 fully saturated rings. The van der Waals surface area contributed by atoms with Crippen molar-refractivity contribution in [2.75, 3.05) is 23.3 Å². The van der Waals surface area contributed by atoms with Gasteiger partial charge >= 0.3 is 5.69 Å². The summed E-state index contributed by atoms with van der Waals surface area (Å²) < 4.78 is 0. The lowest BCUT2D eigenvalue weighted by molar-refractivity contribution is -0.384. The molecular formula is C18H18ClN3O4. The molecule has 1 aliphatic heterocycles. The van der Waals surface area contributed by atoms with E-state index >= 15 is 0 Å². The number of rotatable bonds is 4. The number of carbonyl (C=O) groups is 1. The van der Waals surface area contributed by atoms with Crippen LogP contribution in [-0.2, 0) is 0 Å². The van der Waals surface area contributed by atoms with Crippen molar-refractivity contribution in [2.45, 2.75) is 18.9 Å². The number of amides is 1. The quantitative estimate of drug-likeness (QED) is 0.630. The molecule has 0 spiro atoms. The molecule has 1 aliphatic rings. The van der Waals surface area contributed by atoms with Crippen LogP contribution in [0.2, 0.25) is 5.02 Å². The van der Waals surface area contributed by atoms with Gasteiger partial charge in [-0.05, 0) is 49.2 Å². The fourth-order valence-electron chi connectivity index (χ4n) is 3.00. The smallest absolute Gasteiger partial charge is 0.305 e. The van der Waals surface area contributed by atoms with Crippen LogP contribution < -0.4 is 10.2 Å². The van der Waals surface area contributed by atoms with Crippen molar-refractivity contribution in [3.63, 3.8) is 0 Å². The molecule has 7 nitrogen and oxygen atoms in total. The Bertz CT molecular complexity index is 818. The summed E-state index contributed by atoms with van der Waals surface area (Å²) in [5.41, 5.74) is 0.662. The number of aliphatic hydroxyl groups is 1. The monoisotopic (exact) mass is 375 g/mol. The van der Waals surface area contributed by atoms with Crippen molar-refractivity contribution in [1.29, 1.82) is 0 Å². The molecule has 1 saturated heterocycles. The Labute approximate surface area is 155 Å². The highest BCUT2D eigenvalue weighted by Crippen LogP contribution is 2.34. The molecule has 136 valence electrons. The normalized spacial score (nSPS) is 14.9. The number of benzene rings is 2. The van der Waals surface area contributed by atoms with Gasteiger partial charge in [0.2, 0.25) is 0 Å². The van der Waals surface area contributed by atoms with E-state index < -0.39 is 10.8 Å². The van der Waals surface area contributed by atoms with Crippen molar-refractivity contribution in [3.05, 3.63) is 63.2 Å². The molecular weight excluding hydrogens is 358 g/mol. The minimum atomic E-state index is -0.557. The molecule has 0 aliphatic carbocycles. The number of para-hydroxylation sites is 1. The van der Waals surface area contributed by atoms with E-state index in [0.717, 1.165) is 0 Å². The number of aliphatic hydroxyl groups excluding tert-OH is 1. The maximum Gasteiger partial charge on any atom is 0.305 e. The third kappa shape index (κ3) is 3.95. The van der Waals surface area contributed by atoms with Gasteiger partial charge in [-0.15, -0.1) is 0 Å². The third-order valence-electron chi connectivity index (χ3n) is 4.35. The van der Waals surface area contributed by atoms with Gasteiger partial charge in [0, 0.05) is 23.8 Å². The summed E-state index contributed by atoms with van der Waals surface area (Å²) in [6.07, 6.45) is 0.693. The molecule has 0 aromatic heterocycles. The zero-order valence-corrected chi connectivity index (χ0v) is 14.6. The summed E-state index contributed by atoms with van der Waals surface area (Å²) in [7, 11) is 0. The second kappa shape index (κ2) is 7.72. The first-order valence-corrected chi connectivity index (χ1v) is 8.61. The molecule has 0 bridgehead atoms. The van der Waals surface area contributed by atoms with E-state index in [1.165, 1.54) is 6.07 Å². The number of anilines is 2. The lowest BCUT2D eigenvalue weighted by Crippen LogP contribution is -2.36. The Hall–Kier alpha value is -2.64. The molecule has 0 atom stereocenters. The van der Waals surface area contributed by atoms with Gasteiger partial charge in [0.25, 0.3) is 5.91 Å². The van der Waals surface area contributed by atoms with Crippen LogP contribution in [0.4, 0.5) is 17.1 Å². The van der Waals surface area contributed by atoms with E-state index in [2.05, 4.69) is 5.32 Å². The molecule has 0 unspecified atom stereocenters. The summed E-state index contributed by atoms with van der Waals surface area (Å²) in [6, 6.07) is 11.2. The Morgan fingerprint density at radius 3 is 2.46 bits per heavy atom. The van der Waals surface area contributed by atoms with Gasteiger partial charge < -0.3 is 15.3 Å². The number of nitrogens with one attached hydrogen (secondary N) is 1. The molecule has 8 heteroatoms. The van der Waals surface area contributed by atoms with E-state index in [9.17, 15) is 20.0 Å². The summed E-state index contributed by atoms with van der Waals surface area (Å²) >= 11 is 5.82. The summed E-state index contributed by atoms with van der Waals surface area (Å²) in [5, 5.41) is 24.5. The molecule has 2 N–H and O–H groups in total. The number of hydrogen-bond donors (Lipinski definition) is 2. The van der Waals surface area contributed by atoms with E-state index in [4.69, 9.17) is 11.6 Å². The average Bonchev–Trinajstić information content (AvgIpc) is 2.63. The van der Waals surface area contributed by atoms with Gasteiger partial charge in [-0.3, -0.25) is 14.9 Å². The fourth-order valence-corrected chi connectivity index (χ4v) is 3.13. The third-order valence-corrected chi connectivity index (χ3v) is 4.60.